The number of nitrogens with one attached hydrogen (secondary N) is 1. The highest BCUT2D eigenvalue weighted by molar-refractivity contribution is 5.95. The molecule has 0 aliphatic carbocycles. The third kappa shape index (κ3) is 4.16. The number of anilines is 1. The Kier molecular flexibility index (Phi) is 5.98. The van der Waals surface area contributed by atoms with Crippen LogP contribution in [-0.2, 0) is 6.54 Å². The summed E-state index contributed by atoms with van der Waals surface area (Å²) in [6.45, 7) is 1.82. The number of nitrogens with zero attached hydrogens (tertiary/aromatic N) is 2. The van der Waals surface area contributed by atoms with Crippen LogP contribution in [0.15, 0.2) is 36.4 Å². The first-order chi connectivity index (χ1) is 13.5. The molecule has 1 saturated heterocycles. The zero-order valence-corrected chi connectivity index (χ0v) is 15.9. The number of benzene rings is 2. The number of amides is 1. The van der Waals surface area contributed by atoms with Crippen LogP contribution in [0, 0.1) is 10.1 Å². The molecule has 1 aliphatic heterocycles. The Bertz CT molecular complexity index is 878. The third-order valence-corrected chi connectivity index (χ3v) is 4.81. The van der Waals surface area contributed by atoms with Crippen molar-refractivity contribution in [3.8, 4) is 11.5 Å². The molecule has 1 aliphatic rings. The second-order valence-corrected chi connectivity index (χ2v) is 6.52. The quantitative estimate of drug-likeness (QED) is 0.581. The number of hydrogen-bond donors (Lipinski definition) is 1. The molecule has 3 rings (SSSR count). The second-order valence-electron chi connectivity index (χ2n) is 6.52. The van der Waals surface area contributed by atoms with Gasteiger partial charge in [0.05, 0.1) is 19.1 Å². The van der Waals surface area contributed by atoms with Crippen LogP contribution in [0.1, 0.15) is 28.8 Å². The van der Waals surface area contributed by atoms with Crippen LogP contribution in [0.3, 0.4) is 0 Å². The molecular formula is C20H23N3O5. The molecule has 1 heterocycles. The standard InChI is InChI=1S/C20H23N3O5/c1-27-16-7-5-15(19(12-16)28-2)13-21-20(24)14-6-8-17(18(11-14)23(25)26)22-9-3-4-10-22/h5-8,11-12H,3-4,9-10,13H2,1-2H3,(H,21,24). The molecule has 0 bridgehead atoms. The van der Waals surface area contributed by atoms with Gasteiger partial charge in [0.1, 0.15) is 17.2 Å². The van der Waals surface area contributed by atoms with E-state index in [1.807, 2.05) is 4.90 Å². The van der Waals surface area contributed by atoms with Crippen molar-refractivity contribution in [1.29, 1.82) is 0 Å². The van der Waals surface area contributed by atoms with Crippen LogP contribution in [0.5, 0.6) is 11.5 Å². The highest BCUT2D eigenvalue weighted by Gasteiger charge is 2.23. The summed E-state index contributed by atoms with van der Waals surface area (Å²) in [5.74, 6) is 0.865. The average Bonchev–Trinajstić information content (AvgIpc) is 3.26. The van der Waals surface area contributed by atoms with Crippen molar-refractivity contribution < 1.29 is 19.2 Å². The van der Waals surface area contributed by atoms with Gasteiger partial charge in [-0.25, -0.2) is 0 Å². The molecule has 8 heteroatoms. The first-order valence-corrected chi connectivity index (χ1v) is 9.06. The normalized spacial score (nSPS) is 13.3. The zero-order chi connectivity index (χ0) is 20.1. The van der Waals surface area contributed by atoms with Gasteiger partial charge in [-0.1, -0.05) is 0 Å². The Labute approximate surface area is 163 Å². The Morgan fingerprint density at radius 2 is 1.89 bits per heavy atom. The second kappa shape index (κ2) is 8.60. The molecule has 8 nitrogen and oxygen atoms in total. The topological polar surface area (TPSA) is 93.9 Å². The largest absolute Gasteiger partial charge is 0.497 e. The molecule has 2 aromatic carbocycles. The maximum absolute atomic E-state index is 12.5. The van der Waals surface area contributed by atoms with E-state index in [1.165, 1.54) is 6.07 Å². The lowest BCUT2D eigenvalue weighted by Gasteiger charge is -2.18. The predicted molar refractivity (Wildman–Crippen MR) is 105 cm³/mol. The Morgan fingerprint density at radius 1 is 1.14 bits per heavy atom. The van der Waals surface area contributed by atoms with E-state index in [9.17, 15) is 14.9 Å². The highest BCUT2D eigenvalue weighted by Crippen LogP contribution is 2.31. The number of ether oxygens (including phenoxy) is 2. The van der Waals surface area contributed by atoms with Crippen molar-refractivity contribution in [2.24, 2.45) is 0 Å². The van der Waals surface area contributed by atoms with Crippen LogP contribution in [-0.4, -0.2) is 38.1 Å². The fourth-order valence-corrected chi connectivity index (χ4v) is 3.31. The van der Waals surface area contributed by atoms with Crippen LogP contribution in [0.2, 0.25) is 0 Å². The Balaban J connectivity index is 1.76. The predicted octanol–water partition coefficient (Wildman–Crippen LogP) is 3.14. The lowest BCUT2D eigenvalue weighted by molar-refractivity contribution is -0.384. The molecule has 28 heavy (non-hydrogen) atoms. The molecule has 148 valence electrons. The molecular weight excluding hydrogens is 362 g/mol. The number of methoxy groups -OCH3 is 2. The fraction of sp³-hybridized carbons (Fsp3) is 0.350. The minimum atomic E-state index is -0.434. The summed E-state index contributed by atoms with van der Waals surface area (Å²) >= 11 is 0. The maximum atomic E-state index is 12.5. The van der Waals surface area contributed by atoms with Crippen molar-refractivity contribution in [2.45, 2.75) is 19.4 Å². The summed E-state index contributed by atoms with van der Waals surface area (Å²) in [7, 11) is 3.11. The summed E-state index contributed by atoms with van der Waals surface area (Å²) in [4.78, 5) is 25.6. The van der Waals surface area contributed by atoms with E-state index in [-0.39, 0.29) is 23.7 Å². The maximum Gasteiger partial charge on any atom is 0.293 e. The van der Waals surface area contributed by atoms with Gasteiger partial charge in [0.2, 0.25) is 0 Å². The number of nitro benzene ring substituents is 1. The molecule has 2 aromatic rings. The first-order valence-electron chi connectivity index (χ1n) is 9.06. The Morgan fingerprint density at radius 3 is 2.54 bits per heavy atom. The van der Waals surface area contributed by atoms with E-state index in [0.717, 1.165) is 31.5 Å². The van der Waals surface area contributed by atoms with Gasteiger partial charge in [-0.15, -0.1) is 0 Å². The molecule has 0 unspecified atom stereocenters. The van der Waals surface area contributed by atoms with Crippen molar-refractivity contribution >= 4 is 17.3 Å². The SMILES string of the molecule is COc1ccc(CNC(=O)c2ccc(N3CCCC3)c([N+](=O)[O-])c2)c(OC)c1. The van der Waals surface area contributed by atoms with E-state index < -0.39 is 4.92 Å². The van der Waals surface area contributed by atoms with Crippen LogP contribution in [0.4, 0.5) is 11.4 Å². The van der Waals surface area contributed by atoms with Crippen molar-refractivity contribution in [2.75, 3.05) is 32.2 Å². The molecule has 0 spiro atoms. The first kappa shape index (κ1) is 19.5. The summed E-state index contributed by atoms with van der Waals surface area (Å²) < 4.78 is 10.5. The lowest BCUT2D eigenvalue weighted by atomic mass is 10.1. The van der Waals surface area contributed by atoms with E-state index in [1.54, 1.807) is 44.6 Å². The van der Waals surface area contributed by atoms with E-state index >= 15 is 0 Å². The number of carbonyl (C=O) groups is 1. The van der Waals surface area contributed by atoms with E-state index in [4.69, 9.17) is 9.47 Å². The van der Waals surface area contributed by atoms with Crippen LogP contribution < -0.4 is 19.7 Å². The summed E-state index contributed by atoms with van der Waals surface area (Å²) in [6, 6.07) is 9.94. The molecule has 1 fully saturated rings. The number of nitro groups is 1. The lowest BCUT2D eigenvalue weighted by Crippen LogP contribution is -2.24. The van der Waals surface area contributed by atoms with Gasteiger partial charge >= 0.3 is 0 Å². The molecule has 1 amide bonds. The van der Waals surface area contributed by atoms with Gasteiger partial charge in [0.15, 0.2) is 0 Å². The summed E-state index contributed by atoms with van der Waals surface area (Å²) in [5.41, 5.74) is 1.55. The number of carbonyl (C=O) groups excluding carboxylic acids is 1. The highest BCUT2D eigenvalue weighted by atomic mass is 16.6. The van der Waals surface area contributed by atoms with Crippen LogP contribution in [0.25, 0.3) is 0 Å². The molecule has 0 radical (unpaired) electrons. The number of hydrogen-bond acceptors (Lipinski definition) is 6. The third-order valence-electron chi connectivity index (χ3n) is 4.81. The van der Waals surface area contributed by atoms with E-state index in [2.05, 4.69) is 5.32 Å². The van der Waals surface area contributed by atoms with Gasteiger partial charge in [0.25, 0.3) is 11.6 Å². The van der Waals surface area contributed by atoms with Gasteiger partial charge < -0.3 is 19.7 Å². The summed E-state index contributed by atoms with van der Waals surface area (Å²) in [6.07, 6.45) is 2.03. The Hall–Kier alpha value is -3.29. The number of rotatable bonds is 7. The smallest absolute Gasteiger partial charge is 0.293 e. The van der Waals surface area contributed by atoms with Crippen molar-refractivity contribution in [3.05, 3.63) is 57.6 Å². The molecule has 0 aromatic heterocycles. The van der Waals surface area contributed by atoms with E-state index in [0.29, 0.717) is 17.2 Å². The van der Waals surface area contributed by atoms with Gasteiger partial charge in [-0.3, -0.25) is 14.9 Å². The van der Waals surface area contributed by atoms with Crippen LogP contribution >= 0.6 is 0 Å². The van der Waals surface area contributed by atoms with Crippen molar-refractivity contribution in [1.82, 2.24) is 5.32 Å². The van der Waals surface area contributed by atoms with Crippen molar-refractivity contribution in [3.63, 3.8) is 0 Å². The molecule has 0 saturated carbocycles. The van der Waals surface area contributed by atoms with Gasteiger partial charge in [-0.2, -0.15) is 0 Å². The van der Waals surface area contributed by atoms with Gasteiger partial charge in [0, 0.05) is 42.9 Å². The zero-order valence-electron chi connectivity index (χ0n) is 15.9. The molecule has 1 N–H and O–H groups in total. The monoisotopic (exact) mass is 385 g/mol. The minimum absolute atomic E-state index is 0.0448. The molecule has 0 atom stereocenters. The average molecular weight is 385 g/mol. The van der Waals surface area contributed by atoms with Gasteiger partial charge in [-0.05, 0) is 37.1 Å². The minimum Gasteiger partial charge on any atom is -0.497 e. The summed E-state index contributed by atoms with van der Waals surface area (Å²) in [5, 5.41) is 14.3. The fourth-order valence-electron chi connectivity index (χ4n) is 3.31.